The van der Waals surface area contributed by atoms with Gasteiger partial charge in [-0.1, -0.05) is 36.4 Å². The Balaban J connectivity index is 1.38. The minimum Gasteiger partial charge on any atom is -0.493 e. The fraction of sp³-hybridized carbons (Fsp3) is 0.364. The second-order valence-corrected chi connectivity index (χ2v) is 7.13. The van der Waals surface area contributed by atoms with Gasteiger partial charge in [-0.25, -0.2) is 9.67 Å². The van der Waals surface area contributed by atoms with E-state index in [2.05, 4.69) is 39.7 Å². The van der Waals surface area contributed by atoms with Gasteiger partial charge < -0.3 is 14.8 Å². The van der Waals surface area contributed by atoms with Crippen molar-refractivity contribution < 1.29 is 9.47 Å². The van der Waals surface area contributed by atoms with Crippen molar-refractivity contribution in [3.63, 3.8) is 0 Å². The fourth-order valence-corrected chi connectivity index (χ4v) is 3.54. The van der Waals surface area contributed by atoms with E-state index >= 15 is 0 Å². The van der Waals surface area contributed by atoms with Crippen molar-refractivity contribution in [2.24, 2.45) is 0 Å². The summed E-state index contributed by atoms with van der Waals surface area (Å²) in [6.45, 7) is 4.11. The standard InChI is InChI=1S/C22H26N4O2/c1-16-24-22-11-9-19(14-26(22)25-16)23-13-18-8-10-20(27-2)21(12-18)28-15-17-6-4-3-5-7-17/h3-8,10,12,19,23H,9,11,13-15H2,1-2H3. The first-order valence-electron chi connectivity index (χ1n) is 9.68. The van der Waals surface area contributed by atoms with E-state index in [0.29, 0.717) is 12.6 Å². The number of nitrogens with one attached hydrogen (secondary N) is 1. The van der Waals surface area contributed by atoms with Gasteiger partial charge in [-0.2, -0.15) is 5.10 Å². The van der Waals surface area contributed by atoms with Gasteiger partial charge in [0.05, 0.1) is 13.7 Å². The molecule has 3 aromatic rings. The largest absolute Gasteiger partial charge is 0.493 e. The molecule has 0 radical (unpaired) electrons. The summed E-state index contributed by atoms with van der Waals surface area (Å²) in [6, 6.07) is 16.7. The molecule has 2 heterocycles. The normalized spacial score (nSPS) is 15.9. The minimum atomic E-state index is 0.393. The van der Waals surface area contributed by atoms with Crippen LogP contribution in [0.1, 0.15) is 29.2 Å². The zero-order chi connectivity index (χ0) is 19.3. The Bertz CT molecular complexity index is 924. The molecule has 28 heavy (non-hydrogen) atoms. The molecule has 0 spiro atoms. The second-order valence-electron chi connectivity index (χ2n) is 7.13. The molecule has 0 aliphatic carbocycles. The Morgan fingerprint density at radius 1 is 1.11 bits per heavy atom. The Morgan fingerprint density at radius 2 is 1.96 bits per heavy atom. The number of aryl methyl sites for hydroxylation is 2. The van der Waals surface area contributed by atoms with Gasteiger partial charge in [-0.05, 0) is 36.6 Å². The monoisotopic (exact) mass is 378 g/mol. The first kappa shape index (κ1) is 18.5. The van der Waals surface area contributed by atoms with Crippen LogP contribution in [-0.4, -0.2) is 27.9 Å². The highest BCUT2D eigenvalue weighted by molar-refractivity contribution is 5.43. The number of hydrogen-bond donors (Lipinski definition) is 1. The summed E-state index contributed by atoms with van der Waals surface area (Å²) in [5, 5.41) is 8.12. The lowest BCUT2D eigenvalue weighted by Gasteiger charge is -2.24. The van der Waals surface area contributed by atoms with Gasteiger partial charge in [-0.15, -0.1) is 0 Å². The number of benzene rings is 2. The maximum atomic E-state index is 6.02. The van der Waals surface area contributed by atoms with E-state index in [4.69, 9.17) is 9.47 Å². The van der Waals surface area contributed by atoms with Gasteiger partial charge >= 0.3 is 0 Å². The number of fused-ring (bicyclic) bond motifs is 1. The fourth-order valence-electron chi connectivity index (χ4n) is 3.54. The van der Waals surface area contributed by atoms with Crippen LogP contribution in [0.25, 0.3) is 0 Å². The van der Waals surface area contributed by atoms with Crippen LogP contribution in [0.15, 0.2) is 48.5 Å². The molecule has 2 aromatic carbocycles. The van der Waals surface area contributed by atoms with Crippen molar-refractivity contribution in [1.82, 2.24) is 20.1 Å². The topological polar surface area (TPSA) is 61.2 Å². The van der Waals surface area contributed by atoms with Crippen molar-refractivity contribution in [2.75, 3.05) is 7.11 Å². The molecular weight excluding hydrogens is 352 g/mol. The van der Waals surface area contributed by atoms with Crippen LogP contribution in [-0.2, 0) is 26.1 Å². The lowest BCUT2D eigenvalue weighted by atomic mass is 10.1. The number of nitrogens with zero attached hydrogens (tertiary/aromatic N) is 3. The minimum absolute atomic E-state index is 0.393. The van der Waals surface area contributed by atoms with E-state index in [1.54, 1.807) is 7.11 Å². The number of ether oxygens (including phenoxy) is 2. The van der Waals surface area contributed by atoms with Crippen LogP contribution in [0.3, 0.4) is 0 Å². The molecule has 4 rings (SSSR count). The quantitative estimate of drug-likeness (QED) is 0.684. The Labute approximate surface area is 165 Å². The summed E-state index contributed by atoms with van der Waals surface area (Å²) in [7, 11) is 1.67. The first-order valence-corrected chi connectivity index (χ1v) is 9.68. The van der Waals surface area contributed by atoms with Crippen LogP contribution < -0.4 is 14.8 Å². The van der Waals surface area contributed by atoms with E-state index in [9.17, 15) is 0 Å². The van der Waals surface area contributed by atoms with E-state index in [0.717, 1.165) is 54.6 Å². The molecule has 0 saturated heterocycles. The zero-order valence-corrected chi connectivity index (χ0v) is 16.4. The molecule has 0 fully saturated rings. The molecular formula is C22H26N4O2. The van der Waals surface area contributed by atoms with Gasteiger partial charge in [0, 0.05) is 19.0 Å². The number of rotatable bonds is 7. The van der Waals surface area contributed by atoms with Gasteiger partial charge in [0.2, 0.25) is 0 Å². The maximum absolute atomic E-state index is 6.02. The van der Waals surface area contributed by atoms with Crippen molar-refractivity contribution in [2.45, 2.75) is 45.5 Å². The van der Waals surface area contributed by atoms with E-state index < -0.39 is 0 Å². The van der Waals surface area contributed by atoms with Gasteiger partial charge in [-0.3, -0.25) is 0 Å². The maximum Gasteiger partial charge on any atom is 0.161 e. The summed E-state index contributed by atoms with van der Waals surface area (Å²) in [4.78, 5) is 4.47. The third-order valence-corrected chi connectivity index (χ3v) is 5.02. The molecule has 1 atom stereocenters. The predicted molar refractivity (Wildman–Crippen MR) is 107 cm³/mol. The molecule has 1 aliphatic rings. The number of methoxy groups -OCH3 is 1. The van der Waals surface area contributed by atoms with E-state index in [1.807, 2.05) is 35.9 Å². The third kappa shape index (κ3) is 4.34. The van der Waals surface area contributed by atoms with Gasteiger partial charge in [0.15, 0.2) is 11.5 Å². The Morgan fingerprint density at radius 3 is 2.79 bits per heavy atom. The molecule has 0 bridgehead atoms. The molecule has 1 N–H and O–H groups in total. The van der Waals surface area contributed by atoms with Crippen molar-refractivity contribution >= 4 is 0 Å². The molecule has 6 heteroatoms. The summed E-state index contributed by atoms with van der Waals surface area (Å²) < 4.78 is 13.5. The Hall–Kier alpha value is -2.86. The predicted octanol–water partition coefficient (Wildman–Crippen LogP) is 3.28. The molecule has 1 aromatic heterocycles. The molecule has 0 amide bonds. The smallest absolute Gasteiger partial charge is 0.161 e. The average molecular weight is 378 g/mol. The second kappa shape index (κ2) is 8.44. The molecule has 6 nitrogen and oxygen atoms in total. The lowest BCUT2D eigenvalue weighted by Crippen LogP contribution is -2.37. The van der Waals surface area contributed by atoms with Crippen LogP contribution >= 0.6 is 0 Å². The first-order chi connectivity index (χ1) is 13.7. The lowest BCUT2D eigenvalue weighted by molar-refractivity contribution is 0.284. The van der Waals surface area contributed by atoms with Crippen molar-refractivity contribution in [3.05, 3.63) is 71.3 Å². The summed E-state index contributed by atoms with van der Waals surface area (Å²) >= 11 is 0. The molecule has 146 valence electrons. The van der Waals surface area contributed by atoms with Crippen molar-refractivity contribution in [3.8, 4) is 11.5 Å². The van der Waals surface area contributed by atoms with Crippen LogP contribution in [0.2, 0.25) is 0 Å². The highest BCUT2D eigenvalue weighted by Gasteiger charge is 2.20. The van der Waals surface area contributed by atoms with E-state index in [1.165, 1.54) is 5.56 Å². The van der Waals surface area contributed by atoms with E-state index in [-0.39, 0.29) is 0 Å². The highest BCUT2D eigenvalue weighted by Crippen LogP contribution is 2.29. The Kier molecular flexibility index (Phi) is 5.58. The average Bonchev–Trinajstić information content (AvgIpc) is 3.10. The molecule has 1 aliphatic heterocycles. The summed E-state index contributed by atoms with van der Waals surface area (Å²) in [5.74, 6) is 3.46. The number of aromatic nitrogens is 3. The van der Waals surface area contributed by atoms with Gasteiger partial charge in [0.25, 0.3) is 0 Å². The molecule has 0 saturated carbocycles. The molecule has 1 unspecified atom stereocenters. The van der Waals surface area contributed by atoms with Crippen molar-refractivity contribution in [1.29, 1.82) is 0 Å². The zero-order valence-electron chi connectivity index (χ0n) is 16.4. The van der Waals surface area contributed by atoms with Crippen LogP contribution in [0.4, 0.5) is 0 Å². The van der Waals surface area contributed by atoms with Gasteiger partial charge in [0.1, 0.15) is 18.3 Å². The summed E-state index contributed by atoms with van der Waals surface area (Å²) in [5.41, 5.74) is 2.30. The van der Waals surface area contributed by atoms with Crippen LogP contribution in [0.5, 0.6) is 11.5 Å². The number of hydrogen-bond acceptors (Lipinski definition) is 5. The van der Waals surface area contributed by atoms with Crippen LogP contribution in [0, 0.1) is 6.92 Å². The SMILES string of the molecule is COc1ccc(CNC2CCc3nc(C)nn3C2)cc1OCc1ccccc1. The highest BCUT2D eigenvalue weighted by atomic mass is 16.5. The summed E-state index contributed by atoms with van der Waals surface area (Å²) in [6.07, 6.45) is 2.04. The third-order valence-electron chi connectivity index (χ3n) is 5.02.